The Labute approximate surface area is 189 Å². The van der Waals surface area contributed by atoms with Crippen LogP contribution in [0.15, 0.2) is 60.9 Å². The summed E-state index contributed by atoms with van der Waals surface area (Å²) < 4.78 is 0. The van der Waals surface area contributed by atoms with Crippen molar-refractivity contribution >= 4 is 29.2 Å². The maximum atomic E-state index is 12.9. The molecule has 2 saturated heterocycles. The molecule has 3 N–H and O–H groups in total. The maximum Gasteiger partial charge on any atom is 0.340 e. The molecule has 3 amide bonds. The highest BCUT2D eigenvalue weighted by Crippen LogP contribution is 2.34. The van der Waals surface area contributed by atoms with Gasteiger partial charge in [-0.05, 0) is 48.4 Å². The van der Waals surface area contributed by atoms with Gasteiger partial charge in [0.05, 0.1) is 23.7 Å². The lowest BCUT2D eigenvalue weighted by Crippen LogP contribution is -2.54. The number of nitrogens with one attached hydrogen (secondary N) is 3. The van der Waals surface area contributed by atoms with Gasteiger partial charge in [0.15, 0.2) is 0 Å². The van der Waals surface area contributed by atoms with E-state index in [0.717, 1.165) is 12.0 Å². The summed E-state index contributed by atoms with van der Waals surface area (Å²) in [6, 6.07) is 16.1. The second kappa shape index (κ2) is 8.16. The van der Waals surface area contributed by atoms with Crippen molar-refractivity contribution in [2.75, 3.05) is 11.9 Å². The standard InChI is InChI=1S/C22H20ClN7O2/c23-16-5-3-15(4-6-16)18-11-19-21-27-30(22(32)28(21)9-10-29(19)26-18)13-20(31)25-17-7-1-14(12-24)2-8-17/h1-10,18-19,21,26-27H,11,13H2,(H,25,31). The van der Waals surface area contributed by atoms with Crippen molar-refractivity contribution in [1.82, 2.24) is 25.8 Å². The molecule has 32 heavy (non-hydrogen) atoms. The Balaban J connectivity index is 1.24. The zero-order valence-corrected chi connectivity index (χ0v) is 17.7. The van der Waals surface area contributed by atoms with Crippen LogP contribution in [0.25, 0.3) is 0 Å². The molecule has 0 bridgehead atoms. The average molecular weight is 450 g/mol. The molecule has 2 aromatic carbocycles. The molecule has 0 spiro atoms. The van der Waals surface area contributed by atoms with Crippen molar-refractivity contribution in [3.05, 3.63) is 77.1 Å². The summed E-state index contributed by atoms with van der Waals surface area (Å²) in [5.41, 5.74) is 8.83. The summed E-state index contributed by atoms with van der Waals surface area (Å²) in [4.78, 5) is 27.0. The van der Waals surface area contributed by atoms with E-state index in [-0.39, 0.29) is 36.7 Å². The first-order valence-corrected chi connectivity index (χ1v) is 10.5. The van der Waals surface area contributed by atoms with Crippen LogP contribution in [0.2, 0.25) is 5.02 Å². The predicted octanol–water partition coefficient (Wildman–Crippen LogP) is 2.52. The van der Waals surface area contributed by atoms with E-state index in [1.54, 1.807) is 35.4 Å². The molecule has 3 heterocycles. The number of urea groups is 1. The molecule has 3 aliphatic rings. The van der Waals surface area contributed by atoms with E-state index in [2.05, 4.69) is 16.2 Å². The number of anilines is 1. The second-order valence-electron chi connectivity index (χ2n) is 7.83. The molecule has 9 nitrogen and oxygen atoms in total. The van der Waals surface area contributed by atoms with Gasteiger partial charge in [0.1, 0.15) is 12.7 Å². The van der Waals surface area contributed by atoms with Crippen molar-refractivity contribution in [3.8, 4) is 6.07 Å². The van der Waals surface area contributed by atoms with Crippen LogP contribution in [-0.4, -0.2) is 45.6 Å². The first-order chi connectivity index (χ1) is 15.5. The minimum absolute atomic E-state index is 0.00350. The van der Waals surface area contributed by atoms with E-state index >= 15 is 0 Å². The number of carbonyl (C=O) groups excluding carboxylic acids is 2. The Morgan fingerprint density at radius 1 is 1.12 bits per heavy atom. The van der Waals surface area contributed by atoms with Crippen LogP contribution in [0.3, 0.4) is 0 Å². The van der Waals surface area contributed by atoms with Gasteiger partial charge >= 0.3 is 6.03 Å². The molecule has 0 aliphatic carbocycles. The number of nitriles is 1. The molecule has 3 atom stereocenters. The second-order valence-corrected chi connectivity index (χ2v) is 8.27. The van der Waals surface area contributed by atoms with Gasteiger partial charge in [-0.2, -0.15) is 5.26 Å². The highest BCUT2D eigenvalue weighted by molar-refractivity contribution is 6.30. The van der Waals surface area contributed by atoms with E-state index in [1.807, 2.05) is 41.5 Å². The summed E-state index contributed by atoms with van der Waals surface area (Å²) in [5, 5.41) is 15.6. The number of hydrogen-bond acceptors (Lipinski definition) is 6. The van der Waals surface area contributed by atoms with Gasteiger partial charge in [0, 0.05) is 23.1 Å². The largest absolute Gasteiger partial charge is 0.340 e. The predicted molar refractivity (Wildman–Crippen MR) is 117 cm³/mol. The van der Waals surface area contributed by atoms with Crippen molar-refractivity contribution < 1.29 is 9.59 Å². The minimum atomic E-state index is -0.333. The first kappa shape index (κ1) is 20.3. The molecule has 2 fully saturated rings. The SMILES string of the molecule is N#Cc1ccc(NC(=O)CN2NC3C4CC(c5ccc(Cl)cc5)NN4C=CN3C2=O)cc1. The Morgan fingerprint density at radius 2 is 1.88 bits per heavy atom. The number of benzene rings is 2. The lowest BCUT2D eigenvalue weighted by Gasteiger charge is -2.34. The quantitative estimate of drug-likeness (QED) is 0.662. The Bertz CT molecular complexity index is 1110. The number of nitrogens with zero attached hydrogens (tertiary/aromatic N) is 4. The highest BCUT2D eigenvalue weighted by atomic mass is 35.5. The summed E-state index contributed by atoms with van der Waals surface area (Å²) in [6.07, 6.45) is 4.04. The molecule has 10 heteroatoms. The van der Waals surface area contributed by atoms with Crippen LogP contribution >= 0.6 is 11.6 Å². The van der Waals surface area contributed by atoms with Crippen LogP contribution in [0.4, 0.5) is 10.5 Å². The molecular weight excluding hydrogens is 430 g/mol. The van der Waals surface area contributed by atoms with E-state index in [9.17, 15) is 9.59 Å². The number of rotatable bonds is 4. The summed E-state index contributed by atoms with van der Waals surface area (Å²) >= 11 is 6.00. The first-order valence-electron chi connectivity index (χ1n) is 10.2. The smallest absolute Gasteiger partial charge is 0.324 e. The fourth-order valence-electron chi connectivity index (χ4n) is 4.22. The zero-order valence-electron chi connectivity index (χ0n) is 16.9. The highest BCUT2D eigenvalue weighted by Gasteiger charge is 2.48. The molecule has 0 radical (unpaired) electrons. The fraction of sp³-hybridized carbons (Fsp3) is 0.227. The van der Waals surface area contributed by atoms with Crippen molar-refractivity contribution in [2.24, 2.45) is 0 Å². The maximum absolute atomic E-state index is 12.9. The van der Waals surface area contributed by atoms with E-state index in [4.69, 9.17) is 16.9 Å². The van der Waals surface area contributed by atoms with Gasteiger partial charge in [0.25, 0.3) is 0 Å². The molecular formula is C22H20ClN7O2. The zero-order chi connectivity index (χ0) is 22.2. The number of carbonyl (C=O) groups is 2. The third kappa shape index (κ3) is 3.76. The topological polar surface area (TPSA) is 104 Å². The lowest BCUT2D eigenvalue weighted by atomic mass is 10.00. The average Bonchev–Trinajstić information content (AvgIpc) is 3.36. The van der Waals surface area contributed by atoms with Crippen molar-refractivity contribution in [3.63, 3.8) is 0 Å². The minimum Gasteiger partial charge on any atom is -0.324 e. The lowest BCUT2D eigenvalue weighted by molar-refractivity contribution is -0.117. The van der Waals surface area contributed by atoms with E-state index in [0.29, 0.717) is 16.3 Å². The monoisotopic (exact) mass is 449 g/mol. The number of amides is 3. The van der Waals surface area contributed by atoms with Gasteiger partial charge in [-0.1, -0.05) is 23.7 Å². The van der Waals surface area contributed by atoms with Crippen LogP contribution in [-0.2, 0) is 4.79 Å². The van der Waals surface area contributed by atoms with E-state index < -0.39 is 0 Å². The van der Waals surface area contributed by atoms with E-state index in [1.165, 1.54) is 5.01 Å². The Kier molecular flexibility index (Phi) is 5.19. The van der Waals surface area contributed by atoms with Crippen LogP contribution < -0.4 is 16.2 Å². The molecule has 0 aromatic heterocycles. The number of hydrogen-bond donors (Lipinski definition) is 3. The Morgan fingerprint density at radius 3 is 2.59 bits per heavy atom. The van der Waals surface area contributed by atoms with Crippen LogP contribution in [0, 0.1) is 11.3 Å². The molecule has 3 aliphatic heterocycles. The van der Waals surface area contributed by atoms with Gasteiger partial charge in [-0.3, -0.25) is 9.69 Å². The molecule has 2 aromatic rings. The molecule has 3 unspecified atom stereocenters. The summed E-state index contributed by atoms with van der Waals surface area (Å²) in [5.74, 6) is -0.333. The van der Waals surface area contributed by atoms with Crippen molar-refractivity contribution in [1.29, 1.82) is 5.26 Å². The van der Waals surface area contributed by atoms with Crippen molar-refractivity contribution in [2.45, 2.75) is 24.7 Å². The normalized spacial score (nSPS) is 23.7. The van der Waals surface area contributed by atoms with Gasteiger partial charge in [-0.25, -0.2) is 20.7 Å². The fourth-order valence-corrected chi connectivity index (χ4v) is 4.34. The third-order valence-electron chi connectivity index (χ3n) is 5.80. The molecule has 162 valence electrons. The molecule has 5 rings (SSSR count). The third-order valence-corrected chi connectivity index (χ3v) is 6.06. The van der Waals surface area contributed by atoms with Crippen LogP contribution in [0.5, 0.6) is 0 Å². The van der Waals surface area contributed by atoms with Gasteiger partial charge in [-0.15, -0.1) is 0 Å². The van der Waals surface area contributed by atoms with Crippen LogP contribution in [0.1, 0.15) is 23.6 Å². The Hall–Kier alpha value is -3.58. The summed E-state index contributed by atoms with van der Waals surface area (Å²) in [7, 11) is 0. The van der Waals surface area contributed by atoms with Gasteiger partial charge < -0.3 is 10.3 Å². The van der Waals surface area contributed by atoms with Gasteiger partial charge in [0.2, 0.25) is 5.91 Å². The number of fused-ring (bicyclic) bond motifs is 3. The number of halogens is 1. The number of hydrazine groups is 2. The summed E-state index contributed by atoms with van der Waals surface area (Å²) in [6.45, 7) is -0.138. The molecule has 0 saturated carbocycles.